The molecule has 0 aliphatic carbocycles. The topological polar surface area (TPSA) is 33.5 Å². The van der Waals surface area contributed by atoms with Crippen molar-refractivity contribution < 1.29 is 14.1 Å². The van der Waals surface area contributed by atoms with Gasteiger partial charge in [0.05, 0.1) is 9.75 Å². The molecule has 0 fully saturated rings. The summed E-state index contributed by atoms with van der Waals surface area (Å²) in [7, 11) is 0. The van der Waals surface area contributed by atoms with Crippen molar-refractivity contribution in [3.05, 3.63) is 74.4 Å². The molecular formula is C19H20FN2OS2+. The van der Waals surface area contributed by atoms with Crippen LogP contribution in [0.4, 0.5) is 10.1 Å². The number of benzene rings is 1. The van der Waals surface area contributed by atoms with Crippen molar-refractivity contribution in [1.29, 1.82) is 0 Å². The normalized spacial score (nSPS) is 11.0. The van der Waals surface area contributed by atoms with E-state index in [1.165, 1.54) is 15.8 Å². The van der Waals surface area contributed by atoms with Gasteiger partial charge < -0.3 is 10.2 Å². The Balaban J connectivity index is 1.65. The quantitative estimate of drug-likeness (QED) is 0.651. The summed E-state index contributed by atoms with van der Waals surface area (Å²) in [6, 6.07) is 13.0. The van der Waals surface area contributed by atoms with Crippen LogP contribution in [0.2, 0.25) is 0 Å². The zero-order valence-electron chi connectivity index (χ0n) is 13.9. The molecule has 2 aromatic heterocycles. The first kappa shape index (κ1) is 17.8. The Morgan fingerprint density at radius 1 is 1.08 bits per heavy atom. The van der Waals surface area contributed by atoms with E-state index in [9.17, 15) is 9.18 Å². The maximum atomic E-state index is 13.6. The van der Waals surface area contributed by atoms with Gasteiger partial charge in [0.2, 0.25) is 0 Å². The van der Waals surface area contributed by atoms with Gasteiger partial charge in [-0.05, 0) is 47.5 Å². The van der Waals surface area contributed by atoms with E-state index in [1.807, 2.05) is 22.9 Å². The van der Waals surface area contributed by atoms with Crippen LogP contribution in [0.25, 0.3) is 0 Å². The van der Waals surface area contributed by atoms with Gasteiger partial charge in [0.25, 0.3) is 5.91 Å². The van der Waals surface area contributed by atoms with Gasteiger partial charge in [-0.15, -0.1) is 22.7 Å². The van der Waals surface area contributed by atoms with Gasteiger partial charge in [-0.3, -0.25) is 4.79 Å². The van der Waals surface area contributed by atoms with E-state index in [0.29, 0.717) is 17.8 Å². The lowest BCUT2D eigenvalue weighted by atomic mass is 10.2. The highest BCUT2D eigenvalue weighted by molar-refractivity contribution is 7.10. The van der Waals surface area contributed by atoms with Crippen LogP contribution in [-0.2, 0) is 17.9 Å². The molecule has 1 amide bonds. The summed E-state index contributed by atoms with van der Waals surface area (Å²) >= 11 is 3.40. The second-order valence-corrected chi connectivity index (χ2v) is 8.02. The average Bonchev–Trinajstić information content (AvgIpc) is 3.25. The molecular weight excluding hydrogens is 355 g/mol. The summed E-state index contributed by atoms with van der Waals surface area (Å²) in [6.07, 6.45) is 0. The SMILES string of the molecule is Cc1ccc(NC(=O)C[NH+](Cc2cccs2)Cc2cccs2)cc1F. The van der Waals surface area contributed by atoms with Gasteiger partial charge in [0.15, 0.2) is 6.54 Å². The largest absolute Gasteiger partial charge is 0.321 e. The highest BCUT2D eigenvalue weighted by Gasteiger charge is 2.17. The highest BCUT2D eigenvalue weighted by Crippen LogP contribution is 2.13. The van der Waals surface area contributed by atoms with Gasteiger partial charge in [0.1, 0.15) is 18.9 Å². The van der Waals surface area contributed by atoms with E-state index in [2.05, 4.69) is 17.4 Å². The number of nitrogens with one attached hydrogen (secondary N) is 2. The smallest absolute Gasteiger partial charge is 0.279 e. The molecule has 0 bridgehead atoms. The van der Waals surface area contributed by atoms with Gasteiger partial charge >= 0.3 is 0 Å². The number of quaternary nitrogens is 1. The van der Waals surface area contributed by atoms with Crippen LogP contribution < -0.4 is 10.2 Å². The number of carbonyl (C=O) groups excluding carboxylic acids is 1. The predicted octanol–water partition coefficient (Wildman–Crippen LogP) is 3.48. The third-order valence-corrected chi connectivity index (χ3v) is 5.63. The summed E-state index contributed by atoms with van der Waals surface area (Å²) in [4.78, 5) is 16.1. The number of hydrogen-bond acceptors (Lipinski definition) is 3. The Kier molecular flexibility index (Phi) is 5.96. The Labute approximate surface area is 154 Å². The molecule has 2 heterocycles. The minimum atomic E-state index is -0.306. The molecule has 0 aliphatic heterocycles. The van der Waals surface area contributed by atoms with Crippen molar-refractivity contribution in [3.8, 4) is 0 Å². The summed E-state index contributed by atoms with van der Waals surface area (Å²) < 4.78 is 13.6. The van der Waals surface area contributed by atoms with E-state index in [1.54, 1.807) is 41.7 Å². The molecule has 25 heavy (non-hydrogen) atoms. The average molecular weight is 376 g/mol. The minimum Gasteiger partial charge on any atom is -0.321 e. The number of amides is 1. The van der Waals surface area contributed by atoms with Gasteiger partial charge in [0, 0.05) is 5.69 Å². The highest BCUT2D eigenvalue weighted by atomic mass is 32.1. The van der Waals surface area contributed by atoms with Crippen molar-refractivity contribution in [1.82, 2.24) is 0 Å². The third kappa shape index (κ3) is 5.22. The lowest BCUT2D eigenvalue weighted by Gasteiger charge is -2.18. The fourth-order valence-corrected chi connectivity index (χ4v) is 4.16. The Morgan fingerprint density at radius 3 is 2.24 bits per heavy atom. The Morgan fingerprint density at radius 2 is 1.72 bits per heavy atom. The molecule has 0 atom stereocenters. The second-order valence-electron chi connectivity index (χ2n) is 5.95. The molecule has 0 radical (unpaired) electrons. The summed E-state index contributed by atoms with van der Waals surface area (Å²) in [5.74, 6) is -0.412. The number of aryl methyl sites for hydroxylation is 1. The number of anilines is 1. The van der Waals surface area contributed by atoms with Crippen LogP contribution in [0, 0.1) is 12.7 Å². The molecule has 2 N–H and O–H groups in total. The van der Waals surface area contributed by atoms with Crippen molar-refractivity contribution >= 4 is 34.3 Å². The van der Waals surface area contributed by atoms with Crippen molar-refractivity contribution in [2.24, 2.45) is 0 Å². The lowest BCUT2D eigenvalue weighted by molar-refractivity contribution is -0.918. The first-order valence-corrected chi connectivity index (χ1v) is 9.80. The van der Waals surface area contributed by atoms with Crippen molar-refractivity contribution in [2.75, 3.05) is 11.9 Å². The second kappa shape index (κ2) is 8.38. The van der Waals surface area contributed by atoms with Crippen LogP contribution in [-0.4, -0.2) is 12.5 Å². The third-order valence-electron chi connectivity index (χ3n) is 3.87. The predicted molar refractivity (Wildman–Crippen MR) is 102 cm³/mol. The van der Waals surface area contributed by atoms with E-state index in [-0.39, 0.29) is 11.7 Å². The van der Waals surface area contributed by atoms with Crippen LogP contribution in [0.1, 0.15) is 15.3 Å². The summed E-state index contributed by atoms with van der Waals surface area (Å²) in [6.45, 7) is 3.64. The molecule has 0 saturated carbocycles. The first-order chi connectivity index (χ1) is 12.1. The molecule has 0 spiro atoms. The fourth-order valence-electron chi connectivity index (χ4n) is 2.61. The van der Waals surface area contributed by atoms with E-state index in [4.69, 9.17) is 0 Å². The number of carbonyl (C=O) groups is 1. The number of halogens is 1. The molecule has 1 aromatic carbocycles. The van der Waals surface area contributed by atoms with Crippen molar-refractivity contribution in [3.63, 3.8) is 0 Å². The number of rotatable bonds is 7. The zero-order valence-corrected chi connectivity index (χ0v) is 15.6. The van der Waals surface area contributed by atoms with Gasteiger partial charge in [-0.2, -0.15) is 0 Å². The van der Waals surface area contributed by atoms with Crippen LogP contribution >= 0.6 is 22.7 Å². The number of hydrogen-bond donors (Lipinski definition) is 2. The summed E-state index contributed by atoms with van der Waals surface area (Å²) in [5, 5.41) is 6.90. The Hall–Kier alpha value is -2.02. The molecule has 3 nitrogen and oxygen atoms in total. The molecule has 6 heteroatoms. The lowest BCUT2D eigenvalue weighted by Crippen LogP contribution is -3.10. The number of thiophene rings is 2. The van der Waals surface area contributed by atoms with E-state index >= 15 is 0 Å². The van der Waals surface area contributed by atoms with E-state index in [0.717, 1.165) is 18.0 Å². The standard InChI is InChI=1S/C19H19FN2OS2/c1-14-6-7-15(10-18(14)20)21-19(23)13-22(11-16-4-2-8-24-16)12-17-5-3-9-25-17/h2-10H,11-13H2,1H3,(H,21,23)/p+1. The molecule has 0 unspecified atom stereocenters. The molecule has 3 rings (SSSR count). The van der Waals surface area contributed by atoms with Crippen molar-refractivity contribution in [2.45, 2.75) is 20.0 Å². The molecule has 0 aliphatic rings. The van der Waals surface area contributed by atoms with Crippen LogP contribution in [0.5, 0.6) is 0 Å². The maximum absolute atomic E-state index is 13.6. The Bertz CT molecular complexity index is 780. The van der Waals surface area contributed by atoms with Crippen LogP contribution in [0.3, 0.4) is 0 Å². The van der Waals surface area contributed by atoms with Gasteiger partial charge in [-0.25, -0.2) is 4.39 Å². The minimum absolute atomic E-state index is 0.105. The molecule has 0 saturated heterocycles. The monoisotopic (exact) mass is 375 g/mol. The fraction of sp³-hybridized carbons (Fsp3) is 0.211. The zero-order chi connectivity index (χ0) is 17.6. The first-order valence-electron chi connectivity index (χ1n) is 8.04. The molecule has 130 valence electrons. The summed E-state index contributed by atoms with van der Waals surface area (Å²) in [5.41, 5.74) is 1.07. The van der Waals surface area contributed by atoms with Crippen LogP contribution in [0.15, 0.2) is 53.2 Å². The maximum Gasteiger partial charge on any atom is 0.279 e. The van der Waals surface area contributed by atoms with Gasteiger partial charge in [-0.1, -0.05) is 18.2 Å². The molecule has 3 aromatic rings. The van der Waals surface area contributed by atoms with E-state index < -0.39 is 0 Å².